The van der Waals surface area contributed by atoms with Crippen molar-refractivity contribution in [3.05, 3.63) is 40.8 Å². The SMILES string of the molecule is CCOC(=O)c1c(O)cc(C)cc1-c1cccs1. The smallest absolute Gasteiger partial charge is 0.342 e. The molecule has 0 aliphatic heterocycles. The number of hydrogen-bond acceptors (Lipinski definition) is 4. The number of phenols is 1. The molecule has 1 aromatic carbocycles. The number of hydrogen-bond donors (Lipinski definition) is 1. The Bertz CT molecular complexity index is 559. The van der Waals surface area contributed by atoms with Crippen molar-refractivity contribution in [2.75, 3.05) is 6.61 Å². The molecule has 0 spiro atoms. The zero-order valence-electron chi connectivity index (χ0n) is 10.3. The van der Waals surface area contributed by atoms with E-state index in [0.29, 0.717) is 0 Å². The predicted octanol–water partition coefficient (Wildman–Crippen LogP) is 3.61. The lowest BCUT2D eigenvalue weighted by Gasteiger charge is -2.10. The summed E-state index contributed by atoms with van der Waals surface area (Å²) in [5.41, 5.74) is 1.87. The summed E-state index contributed by atoms with van der Waals surface area (Å²) < 4.78 is 4.99. The fourth-order valence-corrected chi connectivity index (χ4v) is 2.56. The Hall–Kier alpha value is -1.81. The number of aromatic hydroxyl groups is 1. The predicted molar refractivity (Wildman–Crippen MR) is 72.1 cm³/mol. The van der Waals surface area contributed by atoms with Crippen LogP contribution in [-0.2, 0) is 4.74 Å². The van der Waals surface area contributed by atoms with E-state index in [9.17, 15) is 9.90 Å². The number of aryl methyl sites for hydroxylation is 1. The van der Waals surface area contributed by atoms with E-state index in [-0.39, 0.29) is 17.9 Å². The van der Waals surface area contributed by atoms with Crippen LogP contribution in [0.3, 0.4) is 0 Å². The molecule has 0 fully saturated rings. The first kappa shape index (κ1) is 12.6. The molecule has 4 heteroatoms. The van der Waals surface area contributed by atoms with Gasteiger partial charge in [0.25, 0.3) is 0 Å². The second kappa shape index (κ2) is 5.23. The number of carbonyl (C=O) groups is 1. The summed E-state index contributed by atoms with van der Waals surface area (Å²) in [5.74, 6) is -0.518. The molecular formula is C14H14O3S. The minimum atomic E-state index is -0.488. The van der Waals surface area contributed by atoms with Crippen LogP contribution in [0.25, 0.3) is 10.4 Å². The first-order chi connectivity index (χ1) is 8.63. The number of phenolic OH excluding ortho intramolecular Hbond substituents is 1. The van der Waals surface area contributed by atoms with Crippen LogP contribution >= 0.6 is 11.3 Å². The molecule has 18 heavy (non-hydrogen) atoms. The minimum absolute atomic E-state index is 0.0307. The van der Waals surface area contributed by atoms with Gasteiger partial charge in [0.15, 0.2) is 0 Å². The lowest BCUT2D eigenvalue weighted by molar-refractivity contribution is 0.0524. The average molecular weight is 262 g/mol. The topological polar surface area (TPSA) is 46.5 Å². The third-order valence-electron chi connectivity index (χ3n) is 2.53. The third kappa shape index (κ3) is 2.38. The number of carbonyl (C=O) groups excluding carboxylic acids is 1. The summed E-state index contributed by atoms with van der Waals surface area (Å²) in [4.78, 5) is 12.9. The molecule has 0 aliphatic carbocycles. The number of ether oxygens (including phenoxy) is 1. The monoisotopic (exact) mass is 262 g/mol. The molecule has 0 amide bonds. The van der Waals surface area contributed by atoms with Crippen molar-refractivity contribution in [1.29, 1.82) is 0 Å². The minimum Gasteiger partial charge on any atom is -0.507 e. The number of benzene rings is 1. The van der Waals surface area contributed by atoms with Gasteiger partial charge < -0.3 is 9.84 Å². The zero-order valence-corrected chi connectivity index (χ0v) is 11.1. The van der Waals surface area contributed by atoms with Crippen molar-refractivity contribution < 1.29 is 14.6 Å². The normalized spacial score (nSPS) is 10.3. The zero-order chi connectivity index (χ0) is 13.1. The van der Waals surface area contributed by atoms with E-state index < -0.39 is 5.97 Å². The first-order valence-corrected chi connectivity index (χ1v) is 6.56. The van der Waals surface area contributed by atoms with Crippen LogP contribution in [0.5, 0.6) is 5.75 Å². The van der Waals surface area contributed by atoms with Crippen LogP contribution in [0.4, 0.5) is 0 Å². The molecule has 0 saturated heterocycles. The van der Waals surface area contributed by atoms with Crippen LogP contribution in [-0.4, -0.2) is 17.7 Å². The maximum absolute atomic E-state index is 11.9. The first-order valence-electron chi connectivity index (χ1n) is 5.68. The van der Waals surface area contributed by atoms with Gasteiger partial charge >= 0.3 is 5.97 Å². The van der Waals surface area contributed by atoms with Crippen molar-refractivity contribution in [2.45, 2.75) is 13.8 Å². The van der Waals surface area contributed by atoms with Crippen molar-refractivity contribution >= 4 is 17.3 Å². The summed E-state index contributed by atoms with van der Waals surface area (Å²) in [6, 6.07) is 7.29. The van der Waals surface area contributed by atoms with Crippen LogP contribution in [0.1, 0.15) is 22.8 Å². The van der Waals surface area contributed by atoms with Crippen molar-refractivity contribution in [2.24, 2.45) is 0 Å². The molecule has 2 rings (SSSR count). The molecular weight excluding hydrogens is 248 g/mol. The quantitative estimate of drug-likeness (QED) is 0.859. The number of esters is 1. The van der Waals surface area contributed by atoms with E-state index in [1.807, 2.05) is 30.5 Å². The Labute approximate surface area is 110 Å². The third-order valence-corrected chi connectivity index (χ3v) is 3.43. The van der Waals surface area contributed by atoms with Gasteiger partial charge in [-0.1, -0.05) is 6.07 Å². The molecule has 0 atom stereocenters. The van der Waals surface area contributed by atoms with E-state index in [1.54, 1.807) is 13.0 Å². The van der Waals surface area contributed by atoms with E-state index in [0.717, 1.165) is 16.0 Å². The molecule has 94 valence electrons. The lowest BCUT2D eigenvalue weighted by Crippen LogP contribution is -2.07. The highest BCUT2D eigenvalue weighted by Gasteiger charge is 2.19. The van der Waals surface area contributed by atoms with E-state index in [4.69, 9.17) is 4.74 Å². The van der Waals surface area contributed by atoms with Crippen LogP contribution in [0, 0.1) is 6.92 Å². The van der Waals surface area contributed by atoms with Gasteiger partial charge in [-0.3, -0.25) is 0 Å². The van der Waals surface area contributed by atoms with Crippen LogP contribution in [0.15, 0.2) is 29.6 Å². The highest BCUT2D eigenvalue weighted by molar-refractivity contribution is 7.13. The molecule has 1 N–H and O–H groups in total. The van der Waals surface area contributed by atoms with Gasteiger partial charge in [-0.2, -0.15) is 0 Å². The Balaban J connectivity index is 2.59. The molecule has 1 heterocycles. The highest BCUT2D eigenvalue weighted by atomic mass is 32.1. The standard InChI is InChI=1S/C14H14O3S/c1-3-17-14(16)13-10(12-5-4-6-18-12)7-9(2)8-11(13)15/h4-8,15H,3H2,1-2H3. The summed E-state index contributed by atoms with van der Waals surface area (Å²) in [6.07, 6.45) is 0. The van der Waals surface area contributed by atoms with Gasteiger partial charge in [0.1, 0.15) is 11.3 Å². The largest absolute Gasteiger partial charge is 0.507 e. The number of rotatable bonds is 3. The van der Waals surface area contributed by atoms with Gasteiger partial charge in [0.2, 0.25) is 0 Å². The van der Waals surface area contributed by atoms with E-state index in [1.165, 1.54) is 11.3 Å². The molecule has 2 aromatic rings. The molecule has 0 radical (unpaired) electrons. The van der Waals surface area contributed by atoms with Gasteiger partial charge in [0, 0.05) is 10.4 Å². The molecule has 3 nitrogen and oxygen atoms in total. The van der Waals surface area contributed by atoms with Gasteiger partial charge in [0.05, 0.1) is 6.61 Å². The Morgan fingerprint density at radius 1 is 1.44 bits per heavy atom. The molecule has 0 saturated carbocycles. The second-order valence-corrected chi connectivity index (χ2v) is 4.85. The Morgan fingerprint density at radius 2 is 2.22 bits per heavy atom. The van der Waals surface area contributed by atoms with Crippen LogP contribution < -0.4 is 0 Å². The maximum Gasteiger partial charge on any atom is 0.342 e. The van der Waals surface area contributed by atoms with Crippen molar-refractivity contribution in [1.82, 2.24) is 0 Å². The van der Waals surface area contributed by atoms with Crippen LogP contribution in [0.2, 0.25) is 0 Å². The second-order valence-electron chi connectivity index (χ2n) is 3.90. The average Bonchev–Trinajstić information content (AvgIpc) is 2.81. The Kier molecular flexibility index (Phi) is 3.67. The summed E-state index contributed by atoms with van der Waals surface area (Å²) in [7, 11) is 0. The van der Waals surface area contributed by atoms with Gasteiger partial charge in [-0.25, -0.2) is 4.79 Å². The Morgan fingerprint density at radius 3 is 2.83 bits per heavy atom. The highest BCUT2D eigenvalue weighted by Crippen LogP contribution is 2.34. The lowest BCUT2D eigenvalue weighted by atomic mass is 10.0. The molecule has 1 aromatic heterocycles. The van der Waals surface area contributed by atoms with Gasteiger partial charge in [-0.15, -0.1) is 11.3 Å². The molecule has 0 aliphatic rings. The molecule has 0 bridgehead atoms. The fourth-order valence-electron chi connectivity index (χ4n) is 1.81. The van der Waals surface area contributed by atoms with Gasteiger partial charge in [-0.05, 0) is 43.0 Å². The summed E-state index contributed by atoms with van der Waals surface area (Å²) in [6.45, 7) is 3.91. The maximum atomic E-state index is 11.9. The van der Waals surface area contributed by atoms with Crippen molar-refractivity contribution in [3.8, 4) is 16.2 Å². The summed E-state index contributed by atoms with van der Waals surface area (Å²) >= 11 is 1.52. The summed E-state index contributed by atoms with van der Waals surface area (Å²) in [5, 5.41) is 11.9. The van der Waals surface area contributed by atoms with E-state index in [2.05, 4.69) is 0 Å². The van der Waals surface area contributed by atoms with Crippen molar-refractivity contribution in [3.63, 3.8) is 0 Å². The fraction of sp³-hybridized carbons (Fsp3) is 0.214. The number of thiophene rings is 1. The molecule has 0 unspecified atom stereocenters. The van der Waals surface area contributed by atoms with E-state index >= 15 is 0 Å².